The van der Waals surface area contributed by atoms with E-state index in [9.17, 15) is 4.79 Å². The molecule has 0 N–H and O–H groups in total. The summed E-state index contributed by atoms with van der Waals surface area (Å²) in [5, 5.41) is 0. The molecule has 0 spiro atoms. The molecule has 0 saturated heterocycles. The van der Waals surface area contributed by atoms with E-state index < -0.39 is 0 Å². The zero-order valence-electron chi connectivity index (χ0n) is 12.5. The van der Waals surface area contributed by atoms with Crippen LogP contribution in [0.5, 0.6) is 11.5 Å². The SMILES string of the molecule is COC(=O)CCCN(C)Cc1nccc(OC)c1OC. The van der Waals surface area contributed by atoms with Crippen molar-refractivity contribution in [2.45, 2.75) is 19.4 Å². The average molecular weight is 282 g/mol. The van der Waals surface area contributed by atoms with Gasteiger partial charge in [0.2, 0.25) is 0 Å². The summed E-state index contributed by atoms with van der Waals surface area (Å²) in [7, 11) is 6.57. The van der Waals surface area contributed by atoms with Crippen molar-refractivity contribution in [3.05, 3.63) is 18.0 Å². The Morgan fingerprint density at radius 2 is 2.05 bits per heavy atom. The number of pyridine rings is 1. The van der Waals surface area contributed by atoms with E-state index in [4.69, 9.17) is 9.47 Å². The van der Waals surface area contributed by atoms with Crippen LogP contribution in [-0.2, 0) is 16.1 Å². The molecular weight excluding hydrogens is 260 g/mol. The minimum absolute atomic E-state index is 0.185. The van der Waals surface area contributed by atoms with E-state index in [0.717, 1.165) is 18.7 Å². The molecule has 1 aromatic heterocycles. The highest BCUT2D eigenvalue weighted by atomic mass is 16.5. The van der Waals surface area contributed by atoms with Crippen LogP contribution in [0.2, 0.25) is 0 Å². The van der Waals surface area contributed by atoms with E-state index in [1.54, 1.807) is 26.5 Å². The van der Waals surface area contributed by atoms with E-state index >= 15 is 0 Å². The fraction of sp³-hybridized carbons (Fsp3) is 0.571. The Kier molecular flexibility index (Phi) is 6.79. The van der Waals surface area contributed by atoms with E-state index in [2.05, 4.69) is 14.6 Å². The number of esters is 1. The minimum Gasteiger partial charge on any atom is -0.493 e. The first-order valence-electron chi connectivity index (χ1n) is 6.43. The Morgan fingerprint density at radius 3 is 2.65 bits per heavy atom. The topological polar surface area (TPSA) is 60.9 Å². The number of hydrogen-bond donors (Lipinski definition) is 0. The van der Waals surface area contributed by atoms with Gasteiger partial charge in [-0.3, -0.25) is 9.78 Å². The number of ether oxygens (including phenoxy) is 3. The van der Waals surface area contributed by atoms with Crippen LogP contribution in [0.4, 0.5) is 0 Å². The highest BCUT2D eigenvalue weighted by Gasteiger charge is 2.13. The van der Waals surface area contributed by atoms with Crippen LogP contribution >= 0.6 is 0 Å². The lowest BCUT2D eigenvalue weighted by atomic mass is 10.2. The lowest BCUT2D eigenvalue weighted by molar-refractivity contribution is -0.140. The zero-order valence-corrected chi connectivity index (χ0v) is 12.5. The summed E-state index contributed by atoms with van der Waals surface area (Å²) in [6.07, 6.45) is 2.86. The third-order valence-electron chi connectivity index (χ3n) is 2.93. The molecule has 0 radical (unpaired) electrons. The molecular formula is C14H22N2O4. The number of rotatable bonds is 8. The first kappa shape index (κ1) is 16.2. The van der Waals surface area contributed by atoms with Crippen molar-refractivity contribution >= 4 is 5.97 Å². The molecule has 0 aliphatic rings. The van der Waals surface area contributed by atoms with Gasteiger partial charge >= 0.3 is 5.97 Å². The second kappa shape index (κ2) is 8.37. The van der Waals surface area contributed by atoms with Crippen LogP contribution in [0.1, 0.15) is 18.5 Å². The van der Waals surface area contributed by atoms with Gasteiger partial charge in [0.15, 0.2) is 11.5 Å². The first-order chi connectivity index (χ1) is 9.62. The maximum atomic E-state index is 11.0. The maximum absolute atomic E-state index is 11.0. The zero-order chi connectivity index (χ0) is 15.0. The van der Waals surface area contributed by atoms with E-state index in [1.807, 2.05) is 7.05 Å². The summed E-state index contributed by atoms with van der Waals surface area (Å²) >= 11 is 0. The van der Waals surface area contributed by atoms with Gasteiger partial charge < -0.3 is 19.1 Å². The highest BCUT2D eigenvalue weighted by molar-refractivity contribution is 5.69. The van der Waals surface area contributed by atoms with Gasteiger partial charge in [-0.2, -0.15) is 0 Å². The summed E-state index contributed by atoms with van der Waals surface area (Å²) < 4.78 is 15.2. The van der Waals surface area contributed by atoms with E-state index in [0.29, 0.717) is 24.5 Å². The molecule has 0 unspecified atom stereocenters. The van der Waals surface area contributed by atoms with Gasteiger partial charge in [0.25, 0.3) is 0 Å². The van der Waals surface area contributed by atoms with Gasteiger partial charge in [-0.15, -0.1) is 0 Å². The third-order valence-corrected chi connectivity index (χ3v) is 2.93. The Labute approximate surface area is 119 Å². The van der Waals surface area contributed by atoms with Crippen LogP contribution in [0.3, 0.4) is 0 Å². The number of carbonyl (C=O) groups excluding carboxylic acids is 1. The van der Waals surface area contributed by atoms with E-state index in [-0.39, 0.29) is 5.97 Å². The Morgan fingerprint density at radius 1 is 1.30 bits per heavy atom. The normalized spacial score (nSPS) is 10.4. The number of hydrogen-bond acceptors (Lipinski definition) is 6. The molecule has 0 aliphatic carbocycles. The molecule has 0 saturated carbocycles. The Bertz CT molecular complexity index is 437. The molecule has 1 aromatic rings. The molecule has 0 aromatic carbocycles. The predicted molar refractivity (Wildman–Crippen MR) is 74.9 cm³/mol. The molecule has 6 nitrogen and oxygen atoms in total. The lowest BCUT2D eigenvalue weighted by Crippen LogP contribution is -2.21. The fourth-order valence-corrected chi connectivity index (χ4v) is 1.89. The molecule has 1 heterocycles. The van der Waals surface area contributed by atoms with Crippen molar-refractivity contribution in [1.82, 2.24) is 9.88 Å². The van der Waals surface area contributed by atoms with Crippen LogP contribution in [0.25, 0.3) is 0 Å². The Balaban J connectivity index is 2.57. The van der Waals surface area contributed by atoms with Gasteiger partial charge in [-0.25, -0.2) is 0 Å². The molecule has 6 heteroatoms. The summed E-state index contributed by atoms with van der Waals surface area (Å²) in [6.45, 7) is 1.40. The van der Waals surface area contributed by atoms with Crippen molar-refractivity contribution in [3.63, 3.8) is 0 Å². The number of carbonyl (C=O) groups is 1. The predicted octanol–water partition coefficient (Wildman–Crippen LogP) is 1.48. The van der Waals surface area contributed by atoms with Crippen LogP contribution in [-0.4, -0.2) is 50.8 Å². The van der Waals surface area contributed by atoms with Crippen LogP contribution in [0.15, 0.2) is 12.3 Å². The van der Waals surface area contributed by atoms with Crippen molar-refractivity contribution in [1.29, 1.82) is 0 Å². The second-order valence-electron chi connectivity index (χ2n) is 4.41. The summed E-state index contributed by atoms with van der Waals surface area (Å²) in [5.74, 6) is 1.13. The van der Waals surface area contributed by atoms with Gasteiger partial charge in [-0.05, 0) is 20.0 Å². The number of methoxy groups -OCH3 is 3. The molecule has 1 rings (SSSR count). The fourth-order valence-electron chi connectivity index (χ4n) is 1.89. The van der Waals surface area contributed by atoms with Gasteiger partial charge in [0.1, 0.15) is 5.69 Å². The van der Waals surface area contributed by atoms with E-state index in [1.165, 1.54) is 7.11 Å². The first-order valence-corrected chi connectivity index (χ1v) is 6.43. The molecule has 0 amide bonds. The minimum atomic E-state index is -0.185. The maximum Gasteiger partial charge on any atom is 0.305 e. The number of aromatic nitrogens is 1. The molecule has 0 aliphatic heterocycles. The molecule has 0 atom stereocenters. The lowest BCUT2D eigenvalue weighted by Gasteiger charge is -2.18. The van der Waals surface area contributed by atoms with Gasteiger partial charge in [-0.1, -0.05) is 0 Å². The molecule has 0 bridgehead atoms. The molecule has 20 heavy (non-hydrogen) atoms. The number of nitrogens with zero attached hydrogens (tertiary/aromatic N) is 2. The largest absolute Gasteiger partial charge is 0.493 e. The standard InChI is InChI=1S/C14H22N2O4/c1-16(9-5-6-13(17)19-3)10-11-14(20-4)12(18-2)7-8-15-11/h7-8H,5-6,9-10H2,1-4H3. The highest BCUT2D eigenvalue weighted by Crippen LogP contribution is 2.29. The second-order valence-corrected chi connectivity index (χ2v) is 4.41. The smallest absolute Gasteiger partial charge is 0.305 e. The van der Waals surface area contributed by atoms with Crippen molar-refractivity contribution in [2.24, 2.45) is 0 Å². The quantitative estimate of drug-likeness (QED) is 0.673. The third kappa shape index (κ3) is 4.70. The van der Waals surface area contributed by atoms with Crippen molar-refractivity contribution in [2.75, 3.05) is 34.9 Å². The van der Waals surface area contributed by atoms with Gasteiger partial charge in [0, 0.05) is 25.2 Å². The summed E-state index contributed by atoms with van der Waals surface area (Å²) in [6, 6.07) is 1.76. The summed E-state index contributed by atoms with van der Waals surface area (Å²) in [5.41, 5.74) is 0.812. The summed E-state index contributed by atoms with van der Waals surface area (Å²) in [4.78, 5) is 17.4. The van der Waals surface area contributed by atoms with Gasteiger partial charge in [0.05, 0.1) is 21.3 Å². The Hall–Kier alpha value is -1.82. The monoisotopic (exact) mass is 282 g/mol. The van der Waals surface area contributed by atoms with Crippen molar-refractivity contribution in [3.8, 4) is 11.5 Å². The average Bonchev–Trinajstić information content (AvgIpc) is 2.46. The molecule has 112 valence electrons. The molecule has 0 fully saturated rings. The van der Waals surface area contributed by atoms with Crippen LogP contribution < -0.4 is 9.47 Å². The van der Waals surface area contributed by atoms with Crippen molar-refractivity contribution < 1.29 is 19.0 Å². The van der Waals surface area contributed by atoms with Crippen LogP contribution in [0, 0.1) is 0 Å².